The first kappa shape index (κ1) is 20.6. The number of hydrogen-bond donors (Lipinski definition) is 0. The van der Waals surface area contributed by atoms with Gasteiger partial charge in [0.2, 0.25) is 0 Å². The molecule has 2 rings (SSSR count). The molecule has 2 aromatic rings. The third-order valence-electron chi connectivity index (χ3n) is 3.61. The lowest BCUT2D eigenvalue weighted by atomic mass is 10.0. The highest BCUT2D eigenvalue weighted by Gasteiger charge is 2.23. The van der Waals surface area contributed by atoms with Crippen molar-refractivity contribution in [3.8, 4) is 12.1 Å². The van der Waals surface area contributed by atoms with E-state index in [0.29, 0.717) is 10.4 Å². The summed E-state index contributed by atoms with van der Waals surface area (Å²) in [4.78, 5) is 34.9. The second-order valence-electron chi connectivity index (χ2n) is 5.39. The number of carbonyl (C=O) groups excluding carboxylic acids is 2. The molecule has 9 nitrogen and oxygen atoms in total. The number of nitriles is 2. The predicted octanol–water partition coefficient (Wildman–Crippen LogP) is 3.32. The van der Waals surface area contributed by atoms with E-state index in [1.54, 1.807) is 19.9 Å². The van der Waals surface area contributed by atoms with E-state index in [4.69, 9.17) is 9.15 Å². The number of Topliss-reactive ketones (excluding diaryl/α,β-unsaturated/α-hetero) is 1. The van der Waals surface area contributed by atoms with Crippen LogP contribution in [0.4, 0.5) is 5.88 Å². The summed E-state index contributed by atoms with van der Waals surface area (Å²) in [5, 5.41) is 29.2. The fraction of sp³-hybridized carbons (Fsp3) is 0.222. The second-order valence-corrected chi connectivity index (χ2v) is 6.49. The van der Waals surface area contributed by atoms with E-state index in [2.05, 4.69) is 0 Å². The quantitative estimate of drug-likeness (QED) is 0.226. The van der Waals surface area contributed by atoms with E-state index < -0.39 is 22.6 Å². The van der Waals surface area contributed by atoms with Crippen molar-refractivity contribution in [1.29, 1.82) is 10.5 Å². The molecule has 0 saturated heterocycles. The Hall–Kier alpha value is -3.76. The average Bonchev–Trinajstić information content (AvgIpc) is 3.24. The molecular weight excluding hydrogens is 386 g/mol. The Bertz CT molecular complexity index is 1060. The maximum Gasteiger partial charge on any atom is 0.433 e. The van der Waals surface area contributed by atoms with Gasteiger partial charge in [0, 0.05) is 17.4 Å². The number of rotatable bonds is 7. The standard InChI is InChI=1S/C18H13N3O6S/c1-3-26-18(23)17-10(2)13(9-20)15(28-17)7-14(22)11(8-19)6-12-4-5-16(27-12)21(24)25/h4-6H,3,7H2,1-2H3. The molecule has 0 aliphatic carbocycles. The molecule has 0 amide bonds. The first-order valence-corrected chi connectivity index (χ1v) is 8.72. The normalized spacial score (nSPS) is 10.8. The number of esters is 1. The molecule has 0 unspecified atom stereocenters. The van der Waals surface area contributed by atoms with Crippen molar-refractivity contribution in [2.24, 2.45) is 0 Å². The smallest absolute Gasteiger partial charge is 0.433 e. The molecule has 0 radical (unpaired) electrons. The predicted molar refractivity (Wildman–Crippen MR) is 97.4 cm³/mol. The van der Waals surface area contributed by atoms with Crippen molar-refractivity contribution in [2.75, 3.05) is 6.61 Å². The van der Waals surface area contributed by atoms with Gasteiger partial charge in [-0.15, -0.1) is 11.3 Å². The lowest BCUT2D eigenvalue weighted by Crippen LogP contribution is -2.05. The van der Waals surface area contributed by atoms with E-state index in [1.807, 2.05) is 6.07 Å². The highest BCUT2D eigenvalue weighted by atomic mass is 32.1. The third-order valence-corrected chi connectivity index (χ3v) is 4.89. The zero-order valence-corrected chi connectivity index (χ0v) is 15.7. The van der Waals surface area contributed by atoms with Gasteiger partial charge < -0.3 is 9.15 Å². The summed E-state index contributed by atoms with van der Waals surface area (Å²) in [7, 11) is 0. The van der Waals surface area contributed by atoms with Crippen LogP contribution in [0.1, 0.15) is 38.4 Å². The number of hydrogen-bond acceptors (Lipinski definition) is 9. The molecule has 0 saturated carbocycles. The topological polar surface area (TPSA) is 147 Å². The van der Waals surface area contributed by atoms with Gasteiger partial charge in [0.05, 0.1) is 23.8 Å². The molecule has 2 aromatic heterocycles. The second kappa shape index (κ2) is 8.75. The van der Waals surface area contributed by atoms with Crippen molar-refractivity contribution in [3.63, 3.8) is 0 Å². The van der Waals surface area contributed by atoms with Gasteiger partial charge in [0.25, 0.3) is 0 Å². The fourth-order valence-corrected chi connectivity index (χ4v) is 3.46. The number of furan rings is 1. The van der Waals surface area contributed by atoms with E-state index in [9.17, 15) is 30.2 Å². The fourth-order valence-electron chi connectivity index (χ4n) is 2.31. The SMILES string of the molecule is CCOC(=O)c1sc(CC(=O)C(C#N)=Cc2ccc([N+](=O)[O-])o2)c(C#N)c1C. The van der Waals surface area contributed by atoms with Gasteiger partial charge in [-0.25, -0.2) is 4.79 Å². The monoisotopic (exact) mass is 399 g/mol. The average molecular weight is 399 g/mol. The summed E-state index contributed by atoms with van der Waals surface area (Å²) in [6.07, 6.45) is 0.810. The van der Waals surface area contributed by atoms with Crippen LogP contribution in [0, 0.1) is 39.7 Å². The van der Waals surface area contributed by atoms with Crippen LogP contribution < -0.4 is 0 Å². The van der Waals surface area contributed by atoms with Gasteiger partial charge in [0.15, 0.2) is 5.78 Å². The molecule has 0 aliphatic heterocycles. The Labute approximate surface area is 163 Å². The molecule has 2 heterocycles. The number of thiophene rings is 1. The summed E-state index contributed by atoms with van der Waals surface area (Å²) < 4.78 is 9.86. The Kier molecular flexibility index (Phi) is 6.42. The van der Waals surface area contributed by atoms with Gasteiger partial charge in [-0.05, 0) is 25.5 Å². The number of nitro groups is 1. The molecule has 0 bridgehead atoms. The van der Waals surface area contributed by atoms with Gasteiger partial charge in [-0.3, -0.25) is 14.9 Å². The van der Waals surface area contributed by atoms with Crippen molar-refractivity contribution >= 4 is 35.0 Å². The Morgan fingerprint density at radius 3 is 2.64 bits per heavy atom. The minimum atomic E-state index is -0.740. The van der Waals surface area contributed by atoms with Gasteiger partial charge in [-0.2, -0.15) is 10.5 Å². The lowest BCUT2D eigenvalue weighted by Gasteiger charge is -1.98. The number of nitrogens with zero attached hydrogens (tertiary/aromatic N) is 3. The van der Waals surface area contributed by atoms with Crippen LogP contribution in [0.2, 0.25) is 0 Å². The molecule has 0 fully saturated rings. The van der Waals surface area contributed by atoms with Crippen LogP contribution in [0.5, 0.6) is 0 Å². The highest BCUT2D eigenvalue weighted by Crippen LogP contribution is 2.30. The summed E-state index contributed by atoms with van der Waals surface area (Å²) in [5.74, 6) is -1.74. The molecule has 0 spiro atoms. The van der Waals surface area contributed by atoms with E-state index >= 15 is 0 Å². The minimum Gasteiger partial charge on any atom is -0.462 e. The molecule has 0 aromatic carbocycles. The molecule has 0 atom stereocenters. The maximum absolute atomic E-state index is 12.5. The molecule has 0 aliphatic rings. The zero-order chi connectivity index (χ0) is 20.8. The number of ketones is 1. The summed E-state index contributed by atoms with van der Waals surface area (Å²) >= 11 is 0.962. The first-order valence-electron chi connectivity index (χ1n) is 7.91. The maximum atomic E-state index is 12.5. The van der Waals surface area contributed by atoms with Crippen LogP contribution in [-0.2, 0) is 16.0 Å². The van der Waals surface area contributed by atoms with Crippen LogP contribution in [0.25, 0.3) is 6.08 Å². The Morgan fingerprint density at radius 2 is 2.11 bits per heavy atom. The largest absolute Gasteiger partial charge is 0.462 e. The molecule has 142 valence electrons. The van der Waals surface area contributed by atoms with Gasteiger partial charge in [-0.1, -0.05) is 0 Å². The zero-order valence-electron chi connectivity index (χ0n) is 14.8. The van der Waals surface area contributed by atoms with Gasteiger partial charge >= 0.3 is 11.9 Å². The molecule has 10 heteroatoms. The van der Waals surface area contributed by atoms with E-state index in [0.717, 1.165) is 23.5 Å². The summed E-state index contributed by atoms with van der Waals surface area (Å²) in [6.45, 7) is 3.40. The highest BCUT2D eigenvalue weighted by molar-refractivity contribution is 7.14. The third kappa shape index (κ3) is 4.31. The number of carbonyl (C=O) groups is 2. The summed E-state index contributed by atoms with van der Waals surface area (Å²) in [6, 6.07) is 6.05. The molecular formula is C18H13N3O6S. The Balaban J connectivity index is 2.32. The van der Waals surface area contributed by atoms with Crippen molar-refractivity contribution in [2.45, 2.75) is 20.3 Å². The van der Waals surface area contributed by atoms with Crippen LogP contribution in [0.15, 0.2) is 22.1 Å². The Morgan fingerprint density at radius 1 is 1.39 bits per heavy atom. The minimum absolute atomic E-state index is 0.0216. The molecule has 0 N–H and O–H groups in total. The summed E-state index contributed by atoms with van der Waals surface area (Å²) in [5.41, 5.74) is 0.308. The number of allylic oxidation sites excluding steroid dienone is 1. The van der Waals surface area contributed by atoms with Crippen LogP contribution >= 0.6 is 11.3 Å². The van der Waals surface area contributed by atoms with Crippen LogP contribution in [-0.4, -0.2) is 23.3 Å². The van der Waals surface area contributed by atoms with E-state index in [-0.39, 0.29) is 34.8 Å². The number of ether oxygens (including phenoxy) is 1. The van der Waals surface area contributed by atoms with Crippen LogP contribution in [0.3, 0.4) is 0 Å². The van der Waals surface area contributed by atoms with Crippen molar-refractivity contribution in [1.82, 2.24) is 0 Å². The molecule has 28 heavy (non-hydrogen) atoms. The lowest BCUT2D eigenvalue weighted by molar-refractivity contribution is -0.402. The van der Waals surface area contributed by atoms with Crippen molar-refractivity contribution < 1.29 is 23.7 Å². The van der Waals surface area contributed by atoms with E-state index in [1.165, 1.54) is 6.07 Å². The van der Waals surface area contributed by atoms with Gasteiger partial charge in [0.1, 0.15) is 27.7 Å². The first-order chi connectivity index (χ1) is 13.3. The van der Waals surface area contributed by atoms with Crippen molar-refractivity contribution in [3.05, 3.63) is 54.5 Å².